The molecule has 0 N–H and O–H groups in total. The summed E-state index contributed by atoms with van der Waals surface area (Å²) < 4.78 is 16.6. The van der Waals surface area contributed by atoms with Crippen molar-refractivity contribution in [2.24, 2.45) is 0 Å². The fourth-order valence-electron chi connectivity index (χ4n) is 3.56. The molecule has 1 aromatic carbocycles. The highest BCUT2D eigenvalue weighted by Gasteiger charge is 2.33. The summed E-state index contributed by atoms with van der Waals surface area (Å²) in [6, 6.07) is 6.45. The van der Waals surface area contributed by atoms with Crippen LogP contribution in [0.3, 0.4) is 0 Å². The molecule has 2 fully saturated rings. The third-order valence-corrected chi connectivity index (χ3v) is 5.21. The molecule has 2 aliphatic rings. The van der Waals surface area contributed by atoms with E-state index in [1.807, 2.05) is 0 Å². The zero-order valence-corrected chi connectivity index (χ0v) is 15.6. The summed E-state index contributed by atoms with van der Waals surface area (Å²) in [4.78, 5) is 2.47. The van der Waals surface area contributed by atoms with Crippen LogP contribution < -0.4 is 4.90 Å². The van der Waals surface area contributed by atoms with Crippen LogP contribution in [0.5, 0.6) is 0 Å². The van der Waals surface area contributed by atoms with E-state index in [0.717, 1.165) is 44.3 Å². The smallest absolute Gasteiger partial charge is 0.107 e. The van der Waals surface area contributed by atoms with Crippen LogP contribution in [0.25, 0.3) is 0 Å². The molecule has 1 saturated carbocycles. The molecule has 136 valence electrons. The molecular weight excluding hydrogens is 314 g/mol. The summed E-state index contributed by atoms with van der Waals surface area (Å²) >= 11 is 0. The third kappa shape index (κ3) is 4.76. The van der Waals surface area contributed by atoms with Gasteiger partial charge in [-0.15, -0.1) is 0 Å². The van der Waals surface area contributed by atoms with Gasteiger partial charge in [-0.1, -0.05) is 17.9 Å². The van der Waals surface area contributed by atoms with Crippen LogP contribution in [-0.4, -0.2) is 52.2 Å². The Morgan fingerprint density at radius 1 is 1.08 bits per heavy atom. The van der Waals surface area contributed by atoms with E-state index >= 15 is 0 Å². The average molecular weight is 343 g/mol. The highest BCUT2D eigenvalue weighted by atomic mass is 16.5. The highest BCUT2D eigenvalue weighted by Crippen LogP contribution is 2.31. The van der Waals surface area contributed by atoms with Gasteiger partial charge in [-0.25, -0.2) is 0 Å². The number of benzene rings is 1. The molecule has 4 heteroatoms. The average Bonchev–Trinajstić information content (AvgIpc) is 2.60. The molecule has 0 spiro atoms. The maximum atomic E-state index is 6.22. The van der Waals surface area contributed by atoms with Gasteiger partial charge in [0, 0.05) is 38.6 Å². The molecule has 0 amide bonds. The molecule has 1 saturated heterocycles. The van der Waals surface area contributed by atoms with Crippen molar-refractivity contribution >= 4 is 5.69 Å². The maximum absolute atomic E-state index is 6.22. The lowest BCUT2D eigenvalue weighted by Gasteiger charge is -2.40. The summed E-state index contributed by atoms with van der Waals surface area (Å²) in [5, 5.41) is 0. The minimum atomic E-state index is 0.393. The van der Waals surface area contributed by atoms with Crippen LogP contribution >= 0.6 is 0 Å². The largest absolute Gasteiger partial charge is 0.381 e. The molecule has 0 radical (unpaired) electrons. The number of hydrogen-bond acceptors (Lipinski definition) is 4. The molecule has 1 aliphatic carbocycles. The molecule has 1 heterocycles. The number of rotatable bonds is 5. The Morgan fingerprint density at radius 2 is 1.84 bits per heavy atom. The standard InChI is InChI=1S/C21H29NO3/c1-16-6-7-17(5-4-12-23-2)13-21(16)22-10-8-18(9-11-22)25-20-14-19(15-20)24-3/h6-7,13,18-20H,8-12,14-15H2,1-3H3. The predicted molar refractivity (Wildman–Crippen MR) is 100 cm³/mol. The number of piperidine rings is 1. The number of methoxy groups -OCH3 is 2. The Hall–Kier alpha value is -1.54. The zero-order chi connectivity index (χ0) is 17.6. The Bertz CT molecular complexity index is 620. The number of hydrogen-bond donors (Lipinski definition) is 0. The van der Waals surface area contributed by atoms with Crippen LogP contribution in [0.2, 0.25) is 0 Å². The Morgan fingerprint density at radius 3 is 2.52 bits per heavy atom. The molecular formula is C21H29NO3. The van der Waals surface area contributed by atoms with Gasteiger partial charge < -0.3 is 19.1 Å². The first-order valence-electron chi connectivity index (χ1n) is 9.21. The van der Waals surface area contributed by atoms with Gasteiger partial charge in [-0.3, -0.25) is 0 Å². The van der Waals surface area contributed by atoms with E-state index in [4.69, 9.17) is 14.2 Å². The van der Waals surface area contributed by atoms with Crippen molar-refractivity contribution in [2.75, 3.05) is 38.8 Å². The van der Waals surface area contributed by atoms with Crippen LogP contribution in [0.1, 0.15) is 36.8 Å². The van der Waals surface area contributed by atoms with Crippen LogP contribution in [-0.2, 0) is 14.2 Å². The maximum Gasteiger partial charge on any atom is 0.107 e. The number of anilines is 1. The minimum Gasteiger partial charge on any atom is -0.381 e. The first-order valence-corrected chi connectivity index (χ1v) is 9.21. The van der Waals surface area contributed by atoms with E-state index in [0.29, 0.717) is 24.9 Å². The monoisotopic (exact) mass is 343 g/mol. The van der Waals surface area contributed by atoms with Crippen LogP contribution in [0.15, 0.2) is 18.2 Å². The second-order valence-electron chi connectivity index (χ2n) is 7.01. The SMILES string of the molecule is COCC#Cc1ccc(C)c(N2CCC(OC3CC(OC)C3)CC2)c1. The van der Waals surface area contributed by atoms with Crippen molar-refractivity contribution < 1.29 is 14.2 Å². The van der Waals surface area contributed by atoms with E-state index in [2.05, 4.69) is 41.9 Å². The molecule has 0 bridgehead atoms. The van der Waals surface area contributed by atoms with Crippen molar-refractivity contribution in [1.29, 1.82) is 0 Å². The van der Waals surface area contributed by atoms with Gasteiger partial charge in [0.2, 0.25) is 0 Å². The van der Waals surface area contributed by atoms with Gasteiger partial charge in [-0.05, 0) is 50.3 Å². The number of ether oxygens (including phenoxy) is 3. The lowest BCUT2D eigenvalue weighted by atomic mass is 9.91. The molecule has 25 heavy (non-hydrogen) atoms. The quantitative estimate of drug-likeness (QED) is 0.769. The lowest BCUT2D eigenvalue weighted by molar-refractivity contribution is -0.119. The Balaban J connectivity index is 1.54. The summed E-state index contributed by atoms with van der Waals surface area (Å²) in [5.74, 6) is 6.20. The molecule has 1 aromatic rings. The fraction of sp³-hybridized carbons (Fsp3) is 0.619. The van der Waals surface area contributed by atoms with Gasteiger partial charge >= 0.3 is 0 Å². The summed E-state index contributed by atoms with van der Waals surface area (Å²) in [7, 11) is 3.45. The highest BCUT2D eigenvalue weighted by molar-refractivity contribution is 5.58. The lowest BCUT2D eigenvalue weighted by Crippen LogP contribution is -2.43. The zero-order valence-electron chi connectivity index (χ0n) is 15.6. The van der Waals surface area contributed by atoms with Gasteiger partial charge in [0.25, 0.3) is 0 Å². The third-order valence-electron chi connectivity index (χ3n) is 5.21. The molecule has 3 rings (SSSR count). The van der Waals surface area contributed by atoms with Crippen molar-refractivity contribution in [3.63, 3.8) is 0 Å². The van der Waals surface area contributed by atoms with Gasteiger partial charge in [-0.2, -0.15) is 0 Å². The van der Waals surface area contributed by atoms with Crippen molar-refractivity contribution in [3.05, 3.63) is 29.3 Å². The van der Waals surface area contributed by atoms with Gasteiger partial charge in [0.15, 0.2) is 0 Å². The second kappa shape index (κ2) is 8.71. The molecule has 0 aromatic heterocycles. The Labute approximate surface area is 151 Å². The molecule has 4 nitrogen and oxygen atoms in total. The molecule has 1 aliphatic heterocycles. The molecule has 0 unspecified atom stereocenters. The van der Waals surface area contributed by atoms with Crippen molar-refractivity contribution in [2.45, 2.75) is 50.9 Å². The number of nitrogens with zero attached hydrogens (tertiary/aromatic N) is 1. The first kappa shape index (κ1) is 18.3. The van der Waals surface area contributed by atoms with Gasteiger partial charge in [0.05, 0.1) is 18.3 Å². The van der Waals surface area contributed by atoms with E-state index in [-0.39, 0.29) is 0 Å². The van der Waals surface area contributed by atoms with Crippen LogP contribution in [0.4, 0.5) is 5.69 Å². The van der Waals surface area contributed by atoms with E-state index in [1.165, 1.54) is 11.3 Å². The summed E-state index contributed by atoms with van der Waals surface area (Å²) in [6.07, 6.45) is 5.50. The topological polar surface area (TPSA) is 30.9 Å². The van der Waals surface area contributed by atoms with E-state index < -0.39 is 0 Å². The normalized spacial score (nSPS) is 23.7. The summed E-state index contributed by atoms with van der Waals surface area (Å²) in [6.45, 7) is 4.72. The fourth-order valence-corrected chi connectivity index (χ4v) is 3.56. The van der Waals surface area contributed by atoms with Crippen LogP contribution in [0, 0.1) is 18.8 Å². The van der Waals surface area contributed by atoms with E-state index in [1.54, 1.807) is 14.2 Å². The number of aryl methyl sites for hydroxylation is 1. The van der Waals surface area contributed by atoms with Crippen molar-refractivity contribution in [1.82, 2.24) is 0 Å². The predicted octanol–water partition coefficient (Wildman–Crippen LogP) is 3.16. The van der Waals surface area contributed by atoms with Gasteiger partial charge in [0.1, 0.15) is 6.61 Å². The first-order chi connectivity index (χ1) is 12.2. The molecule has 0 atom stereocenters. The minimum absolute atomic E-state index is 0.393. The summed E-state index contributed by atoms with van der Waals surface area (Å²) in [5.41, 5.74) is 3.65. The van der Waals surface area contributed by atoms with Crippen molar-refractivity contribution in [3.8, 4) is 11.8 Å². The van der Waals surface area contributed by atoms with E-state index in [9.17, 15) is 0 Å². The Kier molecular flexibility index (Phi) is 6.36. The second-order valence-corrected chi connectivity index (χ2v) is 7.01.